The number of methoxy groups -OCH3 is 1. The molecular weight excluding hydrogens is 348 g/mol. The van der Waals surface area contributed by atoms with Crippen LogP contribution < -0.4 is 0 Å². The Kier molecular flexibility index (Phi) is 3.70. The van der Waals surface area contributed by atoms with E-state index < -0.39 is 11.6 Å². The van der Waals surface area contributed by atoms with Crippen molar-refractivity contribution >= 4 is 38.5 Å². The monoisotopic (exact) mass is 360 g/mol. The van der Waals surface area contributed by atoms with Gasteiger partial charge in [-0.05, 0) is 40.2 Å². The van der Waals surface area contributed by atoms with Crippen LogP contribution in [0.2, 0.25) is 0 Å². The van der Waals surface area contributed by atoms with Crippen molar-refractivity contribution < 1.29 is 14.4 Å². The number of ether oxygens (including phenoxy) is 1. The molecule has 0 bridgehead atoms. The summed E-state index contributed by atoms with van der Waals surface area (Å²) in [6.45, 7) is 3.66. The molecule has 3 rings (SSSR count). The van der Waals surface area contributed by atoms with Gasteiger partial charge in [0.05, 0.1) is 24.8 Å². The molecule has 1 aromatic carbocycles. The molecule has 1 aromatic heterocycles. The van der Waals surface area contributed by atoms with Crippen LogP contribution in [-0.2, 0) is 14.4 Å². The second-order valence-corrected chi connectivity index (χ2v) is 5.87. The lowest BCUT2D eigenvalue weighted by Crippen LogP contribution is -2.37. The lowest BCUT2D eigenvalue weighted by atomic mass is 9.94. The summed E-state index contributed by atoms with van der Waals surface area (Å²) >= 11 is 3.41. The van der Waals surface area contributed by atoms with Crippen LogP contribution in [-0.4, -0.2) is 29.4 Å². The summed E-state index contributed by atoms with van der Waals surface area (Å²) in [6.07, 6.45) is 3.46. The fraction of sp³-hybridized carbons (Fsp3) is 0.188. The molecule has 1 unspecified atom stereocenters. The molecule has 0 amide bonds. The maximum Gasteiger partial charge on any atom is 0.357 e. The largest absolute Gasteiger partial charge is 0.466 e. The second kappa shape index (κ2) is 5.53. The summed E-state index contributed by atoms with van der Waals surface area (Å²) in [7, 11) is 1.31. The van der Waals surface area contributed by atoms with Crippen LogP contribution in [0.15, 0.2) is 52.7 Å². The van der Waals surface area contributed by atoms with Gasteiger partial charge < -0.3 is 9.57 Å². The summed E-state index contributed by atoms with van der Waals surface area (Å²) < 4.78 is 5.67. The van der Waals surface area contributed by atoms with E-state index in [1.165, 1.54) is 13.2 Å². The number of hydrogen-bond acceptors (Lipinski definition) is 5. The molecule has 0 saturated heterocycles. The van der Waals surface area contributed by atoms with E-state index in [2.05, 4.69) is 32.6 Å². The summed E-state index contributed by atoms with van der Waals surface area (Å²) in [5.74, 6) is -0.508. The van der Waals surface area contributed by atoms with Gasteiger partial charge in [0.1, 0.15) is 0 Å². The van der Waals surface area contributed by atoms with Gasteiger partial charge in [0, 0.05) is 21.6 Å². The Bertz CT molecular complexity index is 803. The van der Waals surface area contributed by atoms with Crippen molar-refractivity contribution in [2.75, 3.05) is 7.11 Å². The number of carbonyl (C=O) groups is 1. The number of hydrogen-bond donors (Lipinski definition) is 0. The molecule has 0 fully saturated rings. The van der Waals surface area contributed by atoms with Crippen LogP contribution in [0, 0.1) is 0 Å². The van der Waals surface area contributed by atoms with Crippen LogP contribution in [0.3, 0.4) is 0 Å². The predicted molar refractivity (Wildman–Crippen MR) is 86.6 cm³/mol. The van der Waals surface area contributed by atoms with Crippen molar-refractivity contribution in [2.24, 2.45) is 5.16 Å². The van der Waals surface area contributed by atoms with Crippen molar-refractivity contribution in [3.63, 3.8) is 0 Å². The van der Waals surface area contributed by atoms with Gasteiger partial charge in [-0.1, -0.05) is 17.8 Å². The van der Waals surface area contributed by atoms with Crippen molar-refractivity contribution in [1.29, 1.82) is 0 Å². The van der Waals surface area contributed by atoms with E-state index in [0.717, 1.165) is 20.9 Å². The van der Waals surface area contributed by atoms with Crippen molar-refractivity contribution in [2.45, 2.75) is 12.0 Å². The minimum atomic E-state index is -1.24. The number of oxime groups is 1. The Labute approximate surface area is 135 Å². The first-order valence-electron chi connectivity index (χ1n) is 6.61. The van der Waals surface area contributed by atoms with E-state index in [0.29, 0.717) is 5.71 Å². The Morgan fingerprint density at radius 1 is 1.50 bits per heavy atom. The topological polar surface area (TPSA) is 60.8 Å². The highest BCUT2D eigenvalue weighted by molar-refractivity contribution is 9.10. The number of rotatable bonds is 3. The van der Waals surface area contributed by atoms with Crippen molar-refractivity contribution in [1.82, 2.24) is 4.98 Å². The van der Waals surface area contributed by atoms with E-state index in [1.807, 2.05) is 24.3 Å². The quantitative estimate of drug-likeness (QED) is 0.622. The molecule has 0 N–H and O–H groups in total. The highest BCUT2D eigenvalue weighted by Gasteiger charge is 2.45. The van der Waals surface area contributed by atoms with E-state index in [9.17, 15) is 4.79 Å². The number of benzene rings is 1. The van der Waals surface area contributed by atoms with Gasteiger partial charge in [-0.25, -0.2) is 4.79 Å². The van der Waals surface area contributed by atoms with Gasteiger partial charge in [0.2, 0.25) is 0 Å². The number of halogens is 1. The molecule has 0 saturated carbocycles. The van der Waals surface area contributed by atoms with E-state index in [-0.39, 0.29) is 6.42 Å². The number of carbonyl (C=O) groups excluding carboxylic acids is 1. The minimum Gasteiger partial charge on any atom is -0.466 e. The molecule has 1 atom stereocenters. The fourth-order valence-corrected chi connectivity index (χ4v) is 2.71. The molecule has 6 heteroatoms. The maximum absolute atomic E-state index is 11.9. The third kappa shape index (κ3) is 2.39. The fourth-order valence-electron chi connectivity index (χ4n) is 2.36. The molecule has 0 radical (unpaired) electrons. The Balaban J connectivity index is 1.96. The van der Waals surface area contributed by atoms with Crippen molar-refractivity contribution in [3.05, 3.63) is 53.2 Å². The number of nitrogens with zero attached hydrogens (tertiary/aromatic N) is 2. The molecule has 0 aliphatic carbocycles. The Hall–Kier alpha value is -2.21. The SMILES string of the molecule is C=CC1(C(=O)OC)CC(c2ccc3ncc(Br)cc3c2)=NO1. The molecule has 1 aliphatic rings. The van der Waals surface area contributed by atoms with Crippen LogP contribution in [0.1, 0.15) is 12.0 Å². The molecule has 2 heterocycles. The average molecular weight is 361 g/mol. The number of aromatic nitrogens is 1. The summed E-state index contributed by atoms with van der Waals surface area (Å²) in [4.78, 5) is 21.5. The smallest absolute Gasteiger partial charge is 0.357 e. The predicted octanol–water partition coefficient (Wildman–Crippen LogP) is 3.22. The van der Waals surface area contributed by atoms with Crippen LogP contribution in [0.4, 0.5) is 0 Å². The maximum atomic E-state index is 11.9. The Morgan fingerprint density at radius 3 is 3.05 bits per heavy atom. The van der Waals surface area contributed by atoms with Crippen molar-refractivity contribution in [3.8, 4) is 0 Å². The average Bonchev–Trinajstić information content (AvgIpc) is 2.99. The van der Waals surface area contributed by atoms with Gasteiger partial charge in [-0.3, -0.25) is 4.98 Å². The van der Waals surface area contributed by atoms with Crippen LogP contribution >= 0.6 is 15.9 Å². The van der Waals surface area contributed by atoms with Gasteiger partial charge in [0.15, 0.2) is 0 Å². The third-order valence-corrected chi connectivity index (χ3v) is 4.02. The summed E-state index contributed by atoms with van der Waals surface area (Å²) in [6, 6.07) is 7.75. The van der Waals surface area contributed by atoms with E-state index >= 15 is 0 Å². The van der Waals surface area contributed by atoms with E-state index in [4.69, 9.17) is 9.57 Å². The Morgan fingerprint density at radius 2 is 2.32 bits per heavy atom. The zero-order chi connectivity index (χ0) is 15.7. The van der Waals surface area contributed by atoms with Gasteiger partial charge in [-0.15, -0.1) is 0 Å². The zero-order valence-electron chi connectivity index (χ0n) is 11.9. The van der Waals surface area contributed by atoms with Gasteiger partial charge in [-0.2, -0.15) is 0 Å². The first kappa shape index (κ1) is 14.7. The summed E-state index contributed by atoms with van der Waals surface area (Å²) in [5.41, 5.74) is 1.19. The number of pyridine rings is 1. The molecule has 1 aliphatic heterocycles. The molecule has 112 valence electrons. The highest BCUT2D eigenvalue weighted by atomic mass is 79.9. The normalized spacial score (nSPS) is 20.4. The molecule has 22 heavy (non-hydrogen) atoms. The minimum absolute atomic E-state index is 0.288. The summed E-state index contributed by atoms with van der Waals surface area (Å²) in [5, 5.41) is 5.02. The molecule has 5 nitrogen and oxygen atoms in total. The van der Waals surface area contributed by atoms with Crippen LogP contribution in [0.5, 0.6) is 0 Å². The first-order valence-corrected chi connectivity index (χ1v) is 7.40. The van der Waals surface area contributed by atoms with Gasteiger partial charge >= 0.3 is 5.97 Å². The number of fused-ring (bicyclic) bond motifs is 1. The highest BCUT2D eigenvalue weighted by Crippen LogP contribution is 2.30. The lowest BCUT2D eigenvalue weighted by molar-refractivity contribution is -0.160. The van der Waals surface area contributed by atoms with Gasteiger partial charge in [0.25, 0.3) is 5.60 Å². The number of esters is 1. The molecule has 2 aromatic rings. The molecule has 0 spiro atoms. The standard InChI is InChI=1S/C16H13BrN2O3/c1-3-16(15(20)21-2)8-14(19-22-16)10-4-5-13-11(6-10)7-12(17)9-18-13/h3-7,9H,1,8H2,2H3. The van der Waals surface area contributed by atoms with Crippen LogP contribution in [0.25, 0.3) is 10.9 Å². The zero-order valence-corrected chi connectivity index (χ0v) is 13.5. The third-order valence-electron chi connectivity index (χ3n) is 3.59. The second-order valence-electron chi connectivity index (χ2n) is 4.95. The lowest BCUT2D eigenvalue weighted by Gasteiger charge is -2.18. The molecular formula is C16H13BrN2O3. The first-order chi connectivity index (χ1) is 10.6. The van der Waals surface area contributed by atoms with E-state index in [1.54, 1.807) is 6.20 Å².